The van der Waals surface area contributed by atoms with Crippen molar-refractivity contribution in [2.45, 2.75) is 0 Å². The number of hydrogen-bond donors (Lipinski definition) is 2. The van der Waals surface area contributed by atoms with Gasteiger partial charge in [-0.05, 0) is 37.9 Å². The van der Waals surface area contributed by atoms with Gasteiger partial charge in [0.15, 0.2) is 0 Å². The number of aromatic nitrogens is 1. The summed E-state index contributed by atoms with van der Waals surface area (Å²) < 4.78 is 27.6. The zero-order chi connectivity index (χ0) is 13.3. The van der Waals surface area contributed by atoms with Gasteiger partial charge in [-0.25, -0.2) is 8.78 Å². The standard InChI is InChI=1S/C11H7Br2F2N3/c12-5-1-8(15)10(2-7(5)14)18-11-6(13)3-17-4-9(11)16/h1-4H,16H2,(H,17,18). The minimum absolute atomic E-state index is 0.00528. The van der Waals surface area contributed by atoms with Crippen LogP contribution in [0.1, 0.15) is 0 Å². The van der Waals surface area contributed by atoms with E-state index in [4.69, 9.17) is 5.73 Å². The topological polar surface area (TPSA) is 50.9 Å². The van der Waals surface area contributed by atoms with Gasteiger partial charge in [0.25, 0.3) is 0 Å². The number of halogens is 4. The SMILES string of the molecule is Nc1cncc(Br)c1Nc1cc(F)c(Br)cc1F. The van der Waals surface area contributed by atoms with E-state index >= 15 is 0 Å². The summed E-state index contributed by atoms with van der Waals surface area (Å²) in [5, 5.41) is 2.73. The Labute approximate surface area is 119 Å². The van der Waals surface area contributed by atoms with E-state index in [2.05, 4.69) is 42.2 Å². The van der Waals surface area contributed by atoms with Gasteiger partial charge >= 0.3 is 0 Å². The van der Waals surface area contributed by atoms with Crippen molar-refractivity contribution in [3.8, 4) is 0 Å². The molecule has 0 spiro atoms. The van der Waals surface area contributed by atoms with Crippen LogP contribution >= 0.6 is 31.9 Å². The summed E-state index contributed by atoms with van der Waals surface area (Å²) >= 11 is 6.14. The number of benzene rings is 1. The summed E-state index contributed by atoms with van der Waals surface area (Å²) in [7, 11) is 0. The quantitative estimate of drug-likeness (QED) is 0.769. The number of rotatable bonds is 2. The van der Waals surface area contributed by atoms with Gasteiger partial charge in [-0.3, -0.25) is 4.98 Å². The van der Waals surface area contributed by atoms with Gasteiger partial charge in [0.2, 0.25) is 0 Å². The zero-order valence-corrected chi connectivity index (χ0v) is 12.0. The average molecular weight is 379 g/mol. The maximum absolute atomic E-state index is 13.6. The third-order valence-corrected chi connectivity index (χ3v) is 3.41. The fourth-order valence-electron chi connectivity index (χ4n) is 1.33. The molecule has 18 heavy (non-hydrogen) atoms. The highest BCUT2D eigenvalue weighted by molar-refractivity contribution is 9.10. The molecule has 94 valence electrons. The van der Waals surface area contributed by atoms with Crippen LogP contribution in [0.4, 0.5) is 25.8 Å². The molecule has 0 amide bonds. The maximum atomic E-state index is 13.6. The highest BCUT2D eigenvalue weighted by atomic mass is 79.9. The van der Waals surface area contributed by atoms with Crippen molar-refractivity contribution in [1.29, 1.82) is 0 Å². The molecule has 2 aromatic rings. The number of nitrogens with one attached hydrogen (secondary N) is 1. The molecular weight excluding hydrogens is 372 g/mol. The Morgan fingerprint density at radius 1 is 1.06 bits per heavy atom. The van der Waals surface area contributed by atoms with Crippen molar-refractivity contribution < 1.29 is 8.78 Å². The van der Waals surface area contributed by atoms with Gasteiger partial charge in [-0.1, -0.05) is 0 Å². The number of hydrogen-bond acceptors (Lipinski definition) is 3. The summed E-state index contributed by atoms with van der Waals surface area (Å²) in [6, 6.07) is 2.09. The summed E-state index contributed by atoms with van der Waals surface area (Å²) in [6.45, 7) is 0. The van der Waals surface area contributed by atoms with Crippen molar-refractivity contribution in [2.24, 2.45) is 0 Å². The monoisotopic (exact) mass is 377 g/mol. The Hall–Kier alpha value is -1.21. The molecule has 0 bridgehead atoms. The van der Waals surface area contributed by atoms with Crippen LogP contribution in [0.5, 0.6) is 0 Å². The van der Waals surface area contributed by atoms with Gasteiger partial charge in [-0.15, -0.1) is 0 Å². The van der Waals surface area contributed by atoms with Crippen LogP contribution in [0.25, 0.3) is 0 Å². The minimum Gasteiger partial charge on any atom is -0.396 e. The first kappa shape index (κ1) is 13.2. The summed E-state index contributed by atoms with van der Waals surface area (Å²) in [5.41, 5.74) is 6.46. The molecule has 0 saturated carbocycles. The lowest BCUT2D eigenvalue weighted by Crippen LogP contribution is -2.00. The van der Waals surface area contributed by atoms with E-state index in [0.29, 0.717) is 15.8 Å². The minimum atomic E-state index is -0.591. The van der Waals surface area contributed by atoms with Crippen molar-refractivity contribution in [1.82, 2.24) is 4.98 Å². The van der Waals surface area contributed by atoms with E-state index in [1.165, 1.54) is 12.4 Å². The maximum Gasteiger partial charge on any atom is 0.147 e. The molecule has 0 atom stereocenters. The molecule has 2 rings (SSSR count). The first-order chi connectivity index (χ1) is 8.49. The molecule has 0 radical (unpaired) electrons. The van der Waals surface area contributed by atoms with E-state index in [0.717, 1.165) is 12.1 Å². The third-order valence-electron chi connectivity index (χ3n) is 2.20. The Balaban J connectivity index is 2.43. The Bertz CT molecular complexity index is 585. The predicted octanol–water partition coefficient (Wildman–Crippen LogP) is 4.21. The van der Waals surface area contributed by atoms with Gasteiger partial charge in [0.1, 0.15) is 11.6 Å². The fraction of sp³-hybridized carbons (Fsp3) is 0. The molecule has 1 heterocycles. The first-order valence-corrected chi connectivity index (χ1v) is 6.38. The lowest BCUT2D eigenvalue weighted by Gasteiger charge is -2.12. The van der Waals surface area contributed by atoms with Crippen LogP contribution in [-0.4, -0.2) is 4.98 Å². The fourth-order valence-corrected chi connectivity index (χ4v) is 2.10. The second-order valence-corrected chi connectivity index (χ2v) is 5.17. The van der Waals surface area contributed by atoms with Crippen molar-refractivity contribution in [3.63, 3.8) is 0 Å². The van der Waals surface area contributed by atoms with Gasteiger partial charge in [-0.2, -0.15) is 0 Å². The highest BCUT2D eigenvalue weighted by Gasteiger charge is 2.11. The summed E-state index contributed by atoms with van der Waals surface area (Å²) in [4.78, 5) is 3.85. The molecule has 0 aliphatic carbocycles. The molecule has 7 heteroatoms. The second-order valence-electron chi connectivity index (χ2n) is 3.46. The lowest BCUT2D eigenvalue weighted by molar-refractivity contribution is 0.598. The van der Waals surface area contributed by atoms with Crippen LogP contribution in [0.2, 0.25) is 0 Å². The zero-order valence-electron chi connectivity index (χ0n) is 8.85. The van der Waals surface area contributed by atoms with E-state index in [-0.39, 0.29) is 10.2 Å². The summed E-state index contributed by atoms with van der Waals surface area (Å²) in [5.74, 6) is -1.16. The van der Waals surface area contributed by atoms with Crippen molar-refractivity contribution >= 4 is 48.9 Å². The number of pyridine rings is 1. The number of nitrogen functional groups attached to an aromatic ring is 1. The molecule has 0 aliphatic rings. The van der Waals surface area contributed by atoms with E-state index in [1.54, 1.807) is 0 Å². The smallest absolute Gasteiger partial charge is 0.147 e. The third kappa shape index (κ3) is 2.62. The predicted molar refractivity (Wildman–Crippen MR) is 73.7 cm³/mol. The highest BCUT2D eigenvalue weighted by Crippen LogP contribution is 2.32. The van der Waals surface area contributed by atoms with E-state index in [9.17, 15) is 8.78 Å². The van der Waals surface area contributed by atoms with Gasteiger partial charge < -0.3 is 11.1 Å². The second kappa shape index (κ2) is 5.19. The lowest BCUT2D eigenvalue weighted by atomic mass is 10.2. The molecule has 3 nitrogen and oxygen atoms in total. The van der Waals surface area contributed by atoms with Crippen molar-refractivity contribution in [3.05, 3.63) is 45.1 Å². The Morgan fingerprint density at radius 2 is 1.78 bits per heavy atom. The molecule has 0 saturated heterocycles. The Kier molecular flexibility index (Phi) is 3.82. The molecule has 0 unspecified atom stereocenters. The van der Waals surface area contributed by atoms with Gasteiger partial charge in [0.05, 0.1) is 32.2 Å². The summed E-state index contributed by atoms with van der Waals surface area (Å²) in [6.07, 6.45) is 2.92. The molecule has 0 aliphatic heterocycles. The number of nitrogens with two attached hydrogens (primary N) is 1. The van der Waals surface area contributed by atoms with Gasteiger partial charge in [0, 0.05) is 12.3 Å². The van der Waals surface area contributed by atoms with Crippen LogP contribution in [-0.2, 0) is 0 Å². The van der Waals surface area contributed by atoms with Crippen LogP contribution in [0, 0.1) is 11.6 Å². The van der Waals surface area contributed by atoms with E-state index < -0.39 is 11.6 Å². The average Bonchev–Trinajstić information content (AvgIpc) is 2.30. The first-order valence-electron chi connectivity index (χ1n) is 4.79. The van der Waals surface area contributed by atoms with Crippen LogP contribution in [0.3, 0.4) is 0 Å². The van der Waals surface area contributed by atoms with Crippen molar-refractivity contribution in [2.75, 3.05) is 11.1 Å². The number of nitrogens with zero attached hydrogens (tertiary/aromatic N) is 1. The Morgan fingerprint density at radius 3 is 2.44 bits per heavy atom. The molecular formula is C11H7Br2F2N3. The normalized spacial score (nSPS) is 10.4. The van der Waals surface area contributed by atoms with Crippen LogP contribution in [0.15, 0.2) is 33.5 Å². The molecule has 0 fully saturated rings. The largest absolute Gasteiger partial charge is 0.396 e. The molecule has 1 aromatic heterocycles. The van der Waals surface area contributed by atoms with E-state index in [1.807, 2.05) is 0 Å². The van der Waals surface area contributed by atoms with Crippen LogP contribution < -0.4 is 11.1 Å². The number of anilines is 3. The molecule has 3 N–H and O–H groups in total. The molecule has 1 aromatic carbocycles.